The van der Waals surface area contributed by atoms with Crippen LogP contribution in [0.2, 0.25) is 0 Å². The molecule has 32 heavy (non-hydrogen) atoms. The molecule has 0 aliphatic carbocycles. The standard InChI is InChI=1S/C22H28N6O4/c1-22(2,23)20(31)26-15(10-12-11-25-14-7-5-4-6-13(12)14)18(29)16-17-19(30)27(3)21(32)28(17)9-8-24-16/h4-7,11,15-16,24-25,30H,8-10,23H2,1-3H3,(H,26,31)/t15-,16+/m1/s1. The number of para-hydroxylation sites is 1. The van der Waals surface area contributed by atoms with Gasteiger partial charge in [-0.2, -0.15) is 0 Å². The fraction of sp³-hybridized carbons (Fsp3) is 0.409. The Balaban J connectivity index is 1.72. The van der Waals surface area contributed by atoms with Gasteiger partial charge >= 0.3 is 5.69 Å². The maximum absolute atomic E-state index is 13.7. The SMILES string of the molecule is Cn1c(O)c2n(c1=O)CCN[C@@H]2C(=O)[C@@H](Cc1c[nH]c2ccccc12)NC(=O)C(C)(C)N. The van der Waals surface area contributed by atoms with Crippen LogP contribution in [0.25, 0.3) is 10.9 Å². The molecule has 10 heteroatoms. The highest BCUT2D eigenvalue weighted by Gasteiger charge is 2.38. The number of hydrogen-bond donors (Lipinski definition) is 5. The van der Waals surface area contributed by atoms with Gasteiger partial charge in [-0.3, -0.25) is 18.7 Å². The first kappa shape index (κ1) is 21.8. The summed E-state index contributed by atoms with van der Waals surface area (Å²) in [7, 11) is 1.45. The summed E-state index contributed by atoms with van der Waals surface area (Å²) in [5, 5.41) is 17.3. The second-order valence-electron chi connectivity index (χ2n) is 8.80. The van der Waals surface area contributed by atoms with Crippen LogP contribution < -0.4 is 22.1 Å². The van der Waals surface area contributed by atoms with E-state index >= 15 is 0 Å². The van der Waals surface area contributed by atoms with Crippen LogP contribution >= 0.6 is 0 Å². The number of hydrogen-bond acceptors (Lipinski definition) is 6. The highest BCUT2D eigenvalue weighted by molar-refractivity contribution is 5.96. The van der Waals surface area contributed by atoms with Gasteiger partial charge in [-0.15, -0.1) is 0 Å². The largest absolute Gasteiger partial charge is 0.493 e. The van der Waals surface area contributed by atoms with Gasteiger partial charge in [0.05, 0.1) is 11.6 Å². The molecule has 4 rings (SSSR count). The van der Waals surface area contributed by atoms with E-state index in [-0.39, 0.29) is 23.8 Å². The van der Waals surface area contributed by atoms with Crippen LogP contribution in [-0.2, 0) is 29.6 Å². The Hall–Kier alpha value is -3.37. The number of ketones is 1. The molecule has 6 N–H and O–H groups in total. The van der Waals surface area contributed by atoms with E-state index in [9.17, 15) is 19.5 Å². The first-order valence-corrected chi connectivity index (χ1v) is 10.5. The van der Waals surface area contributed by atoms with Crippen LogP contribution in [0.4, 0.5) is 0 Å². The lowest BCUT2D eigenvalue weighted by Crippen LogP contribution is -2.56. The van der Waals surface area contributed by atoms with Crippen molar-refractivity contribution in [2.24, 2.45) is 12.8 Å². The van der Waals surface area contributed by atoms with Gasteiger partial charge in [-0.25, -0.2) is 4.79 Å². The molecule has 170 valence electrons. The lowest BCUT2D eigenvalue weighted by molar-refractivity contribution is -0.131. The van der Waals surface area contributed by atoms with Gasteiger partial charge in [0.15, 0.2) is 5.78 Å². The van der Waals surface area contributed by atoms with Crippen molar-refractivity contribution >= 4 is 22.6 Å². The third kappa shape index (κ3) is 3.71. The molecule has 0 unspecified atom stereocenters. The topological polar surface area (TPSA) is 147 Å². The quantitative estimate of drug-likeness (QED) is 0.366. The Bertz CT molecular complexity index is 1250. The van der Waals surface area contributed by atoms with Gasteiger partial charge < -0.3 is 26.5 Å². The fourth-order valence-electron chi connectivity index (χ4n) is 4.11. The van der Waals surface area contributed by atoms with E-state index in [0.717, 1.165) is 21.0 Å². The number of nitrogens with one attached hydrogen (secondary N) is 3. The first-order valence-electron chi connectivity index (χ1n) is 10.5. The van der Waals surface area contributed by atoms with Crippen molar-refractivity contribution < 1.29 is 14.7 Å². The summed E-state index contributed by atoms with van der Waals surface area (Å²) in [6.45, 7) is 3.84. The van der Waals surface area contributed by atoms with E-state index in [0.29, 0.717) is 13.1 Å². The summed E-state index contributed by atoms with van der Waals surface area (Å²) in [5.41, 5.74) is 6.37. The third-order valence-electron chi connectivity index (χ3n) is 5.93. The molecule has 0 fully saturated rings. The maximum atomic E-state index is 13.7. The smallest absolute Gasteiger partial charge is 0.331 e. The number of H-pyrrole nitrogens is 1. The molecule has 0 radical (unpaired) electrons. The predicted molar refractivity (Wildman–Crippen MR) is 119 cm³/mol. The second-order valence-corrected chi connectivity index (χ2v) is 8.80. The van der Waals surface area contributed by atoms with Crippen molar-refractivity contribution in [1.82, 2.24) is 24.8 Å². The number of aromatic nitrogens is 3. The number of nitrogens with zero attached hydrogens (tertiary/aromatic N) is 2. The average Bonchev–Trinajstić information content (AvgIpc) is 3.27. The number of aromatic amines is 1. The first-order chi connectivity index (χ1) is 15.1. The molecular weight excluding hydrogens is 412 g/mol. The molecule has 2 atom stereocenters. The summed E-state index contributed by atoms with van der Waals surface area (Å²) in [5.74, 6) is -1.10. The Morgan fingerprint density at radius 3 is 2.78 bits per heavy atom. The highest BCUT2D eigenvalue weighted by Crippen LogP contribution is 2.28. The van der Waals surface area contributed by atoms with Crippen molar-refractivity contribution in [3.8, 4) is 5.88 Å². The Morgan fingerprint density at radius 2 is 2.06 bits per heavy atom. The minimum atomic E-state index is -1.18. The summed E-state index contributed by atoms with van der Waals surface area (Å²) < 4.78 is 2.50. The number of fused-ring (bicyclic) bond motifs is 2. The van der Waals surface area contributed by atoms with E-state index in [1.165, 1.54) is 11.6 Å². The number of imidazole rings is 1. The van der Waals surface area contributed by atoms with Crippen LogP contribution in [0.5, 0.6) is 5.88 Å². The predicted octanol–water partition coefficient (Wildman–Crippen LogP) is 0.0519. The lowest BCUT2D eigenvalue weighted by atomic mass is 9.94. The van der Waals surface area contributed by atoms with Gasteiger partial charge in [-0.05, 0) is 25.5 Å². The number of nitrogens with two attached hydrogens (primary N) is 1. The summed E-state index contributed by atoms with van der Waals surface area (Å²) in [6.07, 6.45) is 2.04. The molecule has 0 saturated heterocycles. The number of benzene rings is 1. The Labute approximate surface area is 184 Å². The van der Waals surface area contributed by atoms with Gasteiger partial charge in [0, 0.05) is 43.7 Å². The van der Waals surface area contributed by atoms with Gasteiger partial charge in [0.2, 0.25) is 11.8 Å². The number of Topliss-reactive ketones (excluding diaryl/α,β-unsaturated/α-hetero) is 1. The van der Waals surface area contributed by atoms with E-state index < -0.39 is 29.2 Å². The van der Waals surface area contributed by atoms with Crippen LogP contribution in [0, 0.1) is 0 Å². The zero-order valence-electron chi connectivity index (χ0n) is 18.3. The molecule has 0 saturated carbocycles. The minimum Gasteiger partial charge on any atom is -0.493 e. The van der Waals surface area contributed by atoms with Crippen LogP contribution in [0.15, 0.2) is 35.3 Å². The van der Waals surface area contributed by atoms with Crippen molar-refractivity contribution in [2.45, 2.75) is 44.4 Å². The monoisotopic (exact) mass is 440 g/mol. The Kier molecular flexibility index (Phi) is 5.43. The van der Waals surface area contributed by atoms with Crippen molar-refractivity contribution in [3.63, 3.8) is 0 Å². The molecule has 0 spiro atoms. The number of carbonyl (C=O) groups excluding carboxylic acids is 2. The molecule has 10 nitrogen and oxygen atoms in total. The van der Waals surface area contributed by atoms with Gasteiger partial charge in [-0.1, -0.05) is 18.2 Å². The lowest BCUT2D eigenvalue weighted by Gasteiger charge is -2.29. The van der Waals surface area contributed by atoms with Crippen LogP contribution in [0.1, 0.15) is 31.1 Å². The third-order valence-corrected chi connectivity index (χ3v) is 5.93. The summed E-state index contributed by atoms with van der Waals surface area (Å²) in [6, 6.07) is 5.81. The normalized spacial score (nSPS) is 17.2. The zero-order valence-corrected chi connectivity index (χ0v) is 18.3. The molecule has 3 aromatic rings. The number of carbonyl (C=O) groups is 2. The van der Waals surface area contributed by atoms with E-state index in [2.05, 4.69) is 15.6 Å². The van der Waals surface area contributed by atoms with Crippen LogP contribution in [0.3, 0.4) is 0 Å². The molecule has 2 aromatic heterocycles. The van der Waals surface area contributed by atoms with Gasteiger partial charge in [0.1, 0.15) is 11.7 Å². The molecular formula is C22H28N6O4. The van der Waals surface area contributed by atoms with Crippen LogP contribution in [-0.4, -0.2) is 49.0 Å². The molecule has 0 bridgehead atoms. The molecule has 1 aromatic carbocycles. The maximum Gasteiger partial charge on any atom is 0.331 e. The van der Waals surface area contributed by atoms with E-state index in [1.807, 2.05) is 30.5 Å². The second kappa shape index (κ2) is 7.95. The number of aromatic hydroxyl groups is 1. The molecule has 3 heterocycles. The van der Waals surface area contributed by atoms with Crippen molar-refractivity contribution in [2.75, 3.05) is 6.54 Å². The average molecular weight is 441 g/mol. The summed E-state index contributed by atoms with van der Waals surface area (Å²) >= 11 is 0. The van der Waals surface area contributed by atoms with Crippen molar-refractivity contribution in [3.05, 3.63) is 52.2 Å². The molecule has 1 aliphatic rings. The molecule has 1 amide bonds. The van der Waals surface area contributed by atoms with E-state index in [1.54, 1.807) is 13.8 Å². The zero-order chi connectivity index (χ0) is 23.2. The summed E-state index contributed by atoms with van der Waals surface area (Å²) in [4.78, 5) is 42.0. The van der Waals surface area contributed by atoms with E-state index in [4.69, 9.17) is 5.73 Å². The fourth-order valence-corrected chi connectivity index (χ4v) is 4.11. The number of amides is 1. The molecule has 1 aliphatic heterocycles. The van der Waals surface area contributed by atoms with Gasteiger partial charge in [0.25, 0.3) is 0 Å². The number of rotatable bonds is 6. The minimum absolute atomic E-state index is 0.207. The van der Waals surface area contributed by atoms with Crippen molar-refractivity contribution in [1.29, 1.82) is 0 Å². The Morgan fingerprint density at radius 1 is 1.34 bits per heavy atom. The highest BCUT2D eigenvalue weighted by atomic mass is 16.3.